The minimum Gasteiger partial charge on any atom is -0.375 e. The van der Waals surface area contributed by atoms with Crippen LogP contribution in [-0.4, -0.2) is 30.8 Å². The fraction of sp³-hybridized carbons (Fsp3) is 0.538. The van der Waals surface area contributed by atoms with Crippen LogP contribution in [-0.2, 0) is 10.9 Å². The Balaban J connectivity index is 2.36. The first-order chi connectivity index (χ1) is 9.45. The normalized spacial score (nSPS) is 19.8. The van der Waals surface area contributed by atoms with Crippen LogP contribution in [0.5, 0.6) is 0 Å². The molecule has 0 amide bonds. The smallest absolute Gasteiger partial charge is 0.375 e. The van der Waals surface area contributed by atoms with Crippen molar-refractivity contribution in [1.29, 1.82) is 5.26 Å². The number of pyridine rings is 1. The van der Waals surface area contributed by atoms with Crippen molar-refractivity contribution in [2.75, 3.05) is 24.6 Å². The highest BCUT2D eigenvalue weighted by Gasteiger charge is 2.34. The van der Waals surface area contributed by atoms with Crippen LogP contribution in [0.15, 0.2) is 12.1 Å². The Morgan fingerprint density at radius 3 is 2.85 bits per heavy atom. The lowest BCUT2D eigenvalue weighted by Gasteiger charge is -2.33. The molecule has 1 aliphatic heterocycles. The van der Waals surface area contributed by atoms with Crippen molar-refractivity contribution < 1.29 is 17.9 Å². The van der Waals surface area contributed by atoms with Gasteiger partial charge in [-0.15, -0.1) is 0 Å². The zero-order valence-electron chi connectivity index (χ0n) is 10.9. The molecule has 4 nitrogen and oxygen atoms in total. The highest BCUT2D eigenvalue weighted by atomic mass is 19.4. The molecule has 1 aromatic rings. The third-order valence-corrected chi connectivity index (χ3v) is 3.18. The van der Waals surface area contributed by atoms with E-state index in [9.17, 15) is 13.2 Å². The molecule has 1 unspecified atom stereocenters. The summed E-state index contributed by atoms with van der Waals surface area (Å²) in [5, 5.41) is 9.04. The van der Waals surface area contributed by atoms with Gasteiger partial charge in [0.2, 0.25) is 0 Å². The quantitative estimate of drug-likeness (QED) is 0.838. The van der Waals surface area contributed by atoms with Crippen LogP contribution >= 0.6 is 0 Å². The standard InChI is InChI=1S/C13H14F3N3O/c1-2-10-8-19(5-6-20-10)12-9(7-17)3-4-11(18-12)13(14,15)16/h3-4,10H,2,5-6,8H2,1H3. The molecule has 0 spiro atoms. The highest BCUT2D eigenvalue weighted by molar-refractivity contribution is 5.55. The Kier molecular flexibility index (Phi) is 4.14. The maximum absolute atomic E-state index is 12.7. The Hall–Kier alpha value is -1.81. The molecule has 1 aromatic heterocycles. The third kappa shape index (κ3) is 3.02. The van der Waals surface area contributed by atoms with Gasteiger partial charge in [-0.25, -0.2) is 4.98 Å². The van der Waals surface area contributed by atoms with E-state index < -0.39 is 11.9 Å². The SMILES string of the molecule is CCC1CN(c2nc(C(F)(F)F)ccc2C#N)CCO1. The predicted octanol–water partition coefficient (Wildman–Crippen LogP) is 2.59. The second-order valence-electron chi connectivity index (χ2n) is 4.52. The predicted molar refractivity (Wildman–Crippen MR) is 66.2 cm³/mol. The van der Waals surface area contributed by atoms with Crippen LogP contribution in [0.25, 0.3) is 0 Å². The molecule has 0 aromatic carbocycles. The van der Waals surface area contributed by atoms with E-state index in [0.717, 1.165) is 12.5 Å². The third-order valence-electron chi connectivity index (χ3n) is 3.18. The summed E-state index contributed by atoms with van der Waals surface area (Å²) in [7, 11) is 0. The molecule has 7 heteroatoms. The molecule has 1 saturated heterocycles. The molecule has 1 atom stereocenters. The van der Waals surface area contributed by atoms with Crippen molar-refractivity contribution in [1.82, 2.24) is 4.98 Å². The zero-order chi connectivity index (χ0) is 14.8. The number of alkyl halides is 3. The van der Waals surface area contributed by atoms with Crippen molar-refractivity contribution in [2.24, 2.45) is 0 Å². The molecule has 1 aliphatic rings. The molecular weight excluding hydrogens is 271 g/mol. The number of ether oxygens (including phenoxy) is 1. The van der Waals surface area contributed by atoms with Crippen molar-refractivity contribution in [3.63, 3.8) is 0 Å². The van der Waals surface area contributed by atoms with E-state index in [2.05, 4.69) is 4.98 Å². The number of nitrogens with zero attached hydrogens (tertiary/aromatic N) is 3. The van der Waals surface area contributed by atoms with Gasteiger partial charge in [-0.05, 0) is 18.6 Å². The Morgan fingerprint density at radius 2 is 2.25 bits per heavy atom. The molecule has 108 valence electrons. The van der Waals surface area contributed by atoms with Crippen molar-refractivity contribution in [2.45, 2.75) is 25.6 Å². The fourth-order valence-electron chi connectivity index (χ4n) is 2.09. The number of nitriles is 1. The number of halogens is 3. The average Bonchev–Trinajstić information content (AvgIpc) is 2.45. The largest absolute Gasteiger partial charge is 0.433 e. The van der Waals surface area contributed by atoms with Gasteiger partial charge in [-0.2, -0.15) is 18.4 Å². The fourth-order valence-corrected chi connectivity index (χ4v) is 2.09. The second kappa shape index (κ2) is 5.67. The van der Waals surface area contributed by atoms with Gasteiger partial charge in [0.05, 0.1) is 18.3 Å². The van der Waals surface area contributed by atoms with Crippen LogP contribution in [0.4, 0.5) is 19.0 Å². The Labute approximate surface area is 114 Å². The summed E-state index contributed by atoms with van der Waals surface area (Å²) in [6.45, 7) is 3.24. The van der Waals surface area contributed by atoms with E-state index in [0.29, 0.717) is 19.7 Å². The first-order valence-corrected chi connectivity index (χ1v) is 6.30. The zero-order valence-corrected chi connectivity index (χ0v) is 10.9. The number of morpholine rings is 1. The van der Waals surface area contributed by atoms with Gasteiger partial charge >= 0.3 is 6.18 Å². The van der Waals surface area contributed by atoms with E-state index in [4.69, 9.17) is 10.00 Å². The van der Waals surface area contributed by atoms with Crippen molar-refractivity contribution >= 4 is 5.82 Å². The average molecular weight is 285 g/mol. The van der Waals surface area contributed by atoms with Gasteiger partial charge in [0, 0.05) is 13.1 Å². The van der Waals surface area contributed by atoms with Gasteiger partial charge < -0.3 is 9.64 Å². The van der Waals surface area contributed by atoms with E-state index >= 15 is 0 Å². The summed E-state index contributed by atoms with van der Waals surface area (Å²) in [5.41, 5.74) is -0.833. The van der Waals surface area contributed by atoms with E-state index in [1.165, 1.54) is 6.07 Å². The monoisotopic (exact) mass is 285 g/mol. The lowest BCUT2D eigenvalue weighted by Crippen LogP contribution is -2.43. The van der Waals surface area contributed by atoms with Crippen LogP contribution in [0.2, 0.25) is 0 Å². The molecule has 1 fully saturated rings. The minimum absolute atomic E-state index is 0.0494. The van der Waals surface area contributed by atoms with Crippen molar-refractivity contribution in [3.8, 4) is 6.07 Å². The lowest BCUT2D eigenvalue weighted by atomic mass is 10.2. The molecule has 0 bridgehead atoms. The van der Waals surface area contributed by atoms with Gasteiger partial charge in [-0.1, -0.05) is 6.92 Å². The number of hydrogen-bond acceptors (Lipinski definition) is 4. The number of aromatic nitrogens is 1. The van der Waals surface area contributed by atoms with Crippen LogP contribution in [0, 0.1) is 11.3 Å². The minimum atomic E-state index is -4.51. The van der Waals surface area contributed by atoms with Gasteiger partial charge in [0.25, 0.3) is 0 Å². The Morgan fingerprint density at radius 1 is 1.50 bits per heavy atom. The first-order valence-electron chi connectivity index (χ1n) is 6.30. The maximum atomic E-state index is 12.7. The molecule has 0 N–H and O–H groups in total. The van der Waals surface area contributed by atoms with E-state index in [1.807, 2.05) is 13.0 Å². The molecule has 0 radical (unpaired) electrons. The summed E-state index contributed by atoms with van der Waals surface area (Å²) in [4.78, 5) is 5.32. The summed E-state index contributed by atoms with van der Waals surface area (Å²) >= 11 is 0. The molecule has 2 rings (SSSR count). The van der Waals surface area contributed by atoms with Crippen LogP contribution in [0.1, 0.15) is 24.6 Å². The molecule has 0 saturated carbocycles. The number of anilines is 1. The first kappa shape index (κ1) is 14.6. The molecule has 0 aliphatic carbocycles. The molecular formula is C13H14F3N3O. The highest BCUT2D eigenvalue weighted by Crippen LogP contribution is 2.31. The summed E-state index contributed by atoms with van der Waals surface area (Å²) in [6.07, 6.45) is -3.80. The Bertz CT molecular complexity index is 525. The summed E-state index contributed by atoms with van der Waals surface area (Å²) < 4.78 is 43.7. The number of hydrogen-bond donors (Lipinski definition) is 0. The lowest BCUT2D eigenvalue weighted by molar-refractivity contribution is -0.141. The van der Waals surface area contributed by atoms with Crippen molar-refractivity contribution in [3.05, 3.63) is 23.4 Å². The van der Waals surface area contributed by atoms with Crippen LogP contribution < -0.4 is 4.90 Å². The maximum Gasteiger partial charge on any atom is 0.433 e. The molecule has 2 heterocycles. The van der Waals surface area contributed by atoms with Gasteiger partial charge in [0.15, 0.2) is 0 Å². The number of rotatable bonds is 2. The van der Waals surface area contributed by atoms with Crippen LogP contribution in [0.3, 0.4) is 0 Å². The van der Waals surface area contributed by atoms with Gasteiger partial charge in [-0.3, -0.25) is 0 Å². The second-order valence-corrected chi connectivity index (χ2v) is 4.52. The van der Waals surface area contributed by atoms with E-state index in [1.54, 1.807) is 4.90 Å². The summed E-state index contributed by atoms with van der Waals surface area (Å²) in [6, 6.07) is 3.89. The van der Waals surface area contributed by atoms with Gasteiger partial charge in [0.1, 0.15) is 17.6 Å². The topological polar surface area (TPSA) is 49.2 Å². The summed E-state index contributed by atoms with van der Waals surface area (Å²) in [5.74, 6) is 0.0871. The van der Waals surface area contributed by atoms with E-state index in [-0.39, 0.29) is 17.5 Å². The molecule has 20 heavy (non-hydrogen) atoms.